The van der Waals surface area contributed by atoms with Gasteiger partial charge in [-0.15, -0.1) is 0 Å². The summed E-state index contributed by atoms with van der Waals surface area (Å²) in [7, 11) is -2.08. The van der Waals surface area contributed by atoms with Gasteiger partial charge in [-0.1, -0.05) is 152 Å². The summed E-state index contributed by atoms with van der Waals surface area (Å²) in [5.41, 5.74) is 3.42. The van der Waals surface area contributed by atoms with E-state index in [1.165, 1.54) is 10.4 Å². The molecule has 4 nitrogen and oxygen atoms in total. The molecule has 5 aromatic carbocycles. The second-order valence-corrected chi connectivity index (χ2v) is 15.7. The SMILES string of the molecule is CC1(C)O[C@@H]2[C@H](O1)C(COC(c1ccccc1)(c1ccccc1)c1ccccc1)=C(I)[C@@H]2O[SiH](c1ccccc1)c1ccccc1. The smallest absolute Gasteiger partial charge is 0.240 e. The minimum absolute atomic E-state index is 0.275. The molecule has 0 spiro atoms. The number of hydrogen-bond donors (Lipinski definition) is 0. The Bertz CT molecular complexity index is 1630. The molecule has 0 radical (unpaired) electrons. The molecule has 0 aromatic heterocycles. The van der Waals surface area contributed by atoms with E-state index in [0.717, 1.165) is 25.8 Å². The summed E-state index contributed by atoms with van der Waals surface area (Å²) in [4.78, 5) is 0. The molecule has 1 heterocycles. The molecule has 6 heteroatoms. The summed E-state index contributed by atoms with van der Waals surface area (Å²) in [6, 6.07) is 52.7. The fraction of sp³-hybridized carbons (Fsp3) is 0.200. The number of rotatable bonds is 10. The van der Waals surface area contributed by atoms with Crippen molar-refractivity contribution in [1.82, 2.24) is 0 Å². The second kappa shape index (κ2) is 13.4. The molecule has 0 saturated carbocycles. The summed E-state index contributed by atoms with van der Waals surface area (Å²) >= 11 is 2.46. The number of ether oxygens (including phenoxy) is 3. The third-order valence-electron chi connectivity index (χ3n) is 8.80. The van der Waals surface area contributed by atoms with Gasteiger partial charge in [-0.25, -0.2) is 0 Å². The highest BCUT2D eigenvalue weighted by Gasteiger charge is 2.54. The predicted octanol–water partition coefficient (Wildman–Crippen LogP) is 7.14. The van der Waals surface area contributed by atoms with E-state index in [9.17, 15) is 0 Å². The van der Waals surface area contributed by atoms with Crippen molar-refractivity contribution in [2.45, 2.75) is 43.5 Å². The van der Waals surface area contributed by atoms with Gasteiger partial charge in [-0.05, 0) is 69.1 Å². The molecule has 46 heavy (non-hydrogen) atoms. The molecule has 7 rings (SSSR count). The molecule has 5 aromatic rings. The van der Waals surface area contributed by atoms with Crippen molar-refractivity contribution < 1.29 is 18.6 Å². The first kappa shape index (κ1) is 31.2. The summed E-state index contributed by atoms with van der Waals surface area (Å²) in [6.45, 7) is 4.32. The normalized spacial score (nSPS) is 20.7. The van der Waals surface area contributed by atoms with Crippen LogP contribution < -0.4 is 10.4 Å². The Labute approximate surface area is 286 Å². The highest BCUT2D eigenvalue weighted by molar-refractivity contribution is 14.1. The summed E-state index contributed by atoms with van der Waals surface area (Å²) in [5.74, 6) is -0.745. The zero-order valence-corrected chi connectivity index (χ0v) is 29.3. The maximum absolute atomic E-state index is 7.30. The lowest BCUT2D eigenvalue weighted by atomic mass is 9.80. The minimum Gasteiger partial charge on any atom is -0.401 e. The standard InChI is InChI=1S/C40H37IO4Si/c1-39(2)43-36-34(35(41)37(38(36)44-39)45-46(32-24-14-6-15-25-32)33-26-16-7-17-27-33)28-42-40(29-18-8-3-9-19-29,30-20-10-4-11-21-30)31-22-12-5-13-23-31/h3-27,36-38,46H,28H2,1-2H3/t36-,37+,38-/m1/s1. The van der Waals surface area contributed by atoms with Crippen LogP contribution in [-0.4, -0.2) is 39.7 Å². The van der Waals surface area contributed by atoms with Crippen molar-refractivity contribution in [3.63, 3.8) is 0 Å². The van der Waals surface area contributed by atoms with E-state index in [0.29, 0.717) is 6.61 Å². The van der Waals surface area contributed by atoms with Gasteiger partial charge in [0.25, 0.3) is 0 Å². The van der Waals surface area contributed by atoms with Crippen molar-refractivity contribution in [3.05, 3.63) is 178 Å². The molecule has 0 amide bonds. The quantitative estimate of drug-likeness (QED) is 0.0869. The zero-order valence-electron chi connectivity index (χ0n) is 26.0. The number of fused-ring (bicyclic) bond motifs is 1. The molecule has 0 N–H and O–H groups in total. The van der Waals surface area contributed by atoms with Gasteiger partial charge in [0.05, 0.1) is 6.61 Å². The van der Waals surface area contributed by atoms with E-state index in [1.54, 1.807) is 0 Å². The predicted molar refractivity (Wildman–Crippen MR) is 194 cm³/mol. The van der Waals surface area contributed by atoms with E-state index < -0.39 is 20.4 Å². The van der Waals surface area contributed by atoms with Crippen LogP contribution in [0.2, 0.25) is 0 Å². The largest absolute Gasteiger partial charge is 0.401 e. The van der Waals surface area contributed by atoms with E-state index >= 15 is 0 Å². The second-order valence-electron chi connectivity index (χ2n) is 12.2. The minimum atomic E-state index is -2.08. The molecule has 1 aliphatic carbocycles. The first-order chi connectivity index (χ1) is 22.5. The van der Waals surface area contributed by atoms with Gasteiger partial charge in [-0.2, -0.15) is 0 Å². The maximum Gasteiger partial charge on any atom is 0.240 e. The first-order valence-corrected chi connectivity index (χ1v) is 18.5. The van der Waals surface area contributed by atoms with E-state index in [4.69, 9.17) is 18.6 Å². The van der Waals surface area contributed by atoms with Crippen molar-refractivity contribution >= 4 is 42.0 Å². The molecule has 1 fully saturated rings. The van der Waals surface area contributed by atoms with E-state index in [-0.39, 0.29) is 18.3 Å². The van der Waals surface area contributed by atoms with Crippen molar-refractivity contribution in [2.24, 2.45) is 0 Å². The fourth-order valence-corrected chi connectivity index (χ4v) is 10.4. The average Bonchev–Trinajstić information content (AvgIpc) is 3.54. The molecule has 0 unspecified atom stereocenters. The molecular weight excluding hydrogens is 699 g/mol. The van der Waals surface area contributed by atoms with Crippen molar-refractivity contribution in [2.75, 3.05) is 6.61 Å². The molecule has 1 saturated heterocycles. The Balaban J connectivity index is 1.30. The van der Waals surface area contributed by atoms with Gasteiger partial charge in [0.15, 0.2) is 5.79 Å². The van der Waals surface area contributed by atoms with Crippen LogP contribution in [0.15, 0.2) is 161 Å². The van der Waals surface area contributed by atoms with E-state index in [2.05, 4.69) is 156 Å². The number of benzene rings is 5. The van der Waals surface area contributed by atoms with Crippen LogP contribution in [0.25, 0.3) is 0 Å². The first-order valence-electron chi connectivity index (χ1n) is 15.8. The zero-order chi connectivity index (χ0) is 31.6. The Hall–Kier alpha value is -3.37. The topological polar surface area (TPSA) is 36.9 Å². The van der Waals surface area contributed by atoms with Crippen LogP contribution in [0.4, 0.5) is 0 Å². The number of hydrogen-bond acceptors (Lipinski definition) is 4. The van der Waals surface area contributed by atoms with Crippen molar-refractivity contribution in [3.8, 4) is 0 Å². The van der Waals surface area contributed by atoms with Gasteiger partial charge in [0, 0.05) is 3.58 Å². The lowest BCUT2D eigenvalue weighted by Crippen LogP contribution is -2.49. The van der Waals surface area contributed by atoms with E-state index in [1.807, 2.05) is 32.0 Å². The summed E-state index contributed by atoms with van der Waals surface area (Å²) < 4.78 is 28.9. The molecule has 232 valence electrons. The molecular formula is C40H37IO4Si. The molecule has 2 aliphatic rings. The summed E-state index contributed by atoms with van der Waals surface area (Å²) in [6.07, 6.45) is -0.835. The lowest BCUT2D eigenvalue weighted by molar-refractivity contribution is -0.152. The van der Waals surface area contributed by atoms with Crippen LogP contribution in [0.5, 0.6) is 0 Å². The third-order valence-corrected chi connectivity index (χ3v) is 12.7. The number of halogens is 1. The van der Waals surface area contributed by atoms with Crippen LogP contribution in [-0.2, 0) is 24.2 Å². The highest BCUT2D eigenvalue weighted by atomic mass is 127. The van der Waals surface area contributed by atoms with Gasteiger partial charge in [0.2, 0.25) is 9.04 Å². The van der Waals surface area contributed by atoms with Crippen LogP contribution in [0.3, 0.4) is 0 Å². The molecule has 1 aliphatic heterocycles. The highest BCUT2D eigenvalue weighted by Crippen LogP contribution is 2.47. The Morgan fingerprint density at radius 3 is 1.48 bits per heavy atom. The van der Waals surface area contributed by atoms with Gasteiger partial charge < -0.3 is 18.6 Å². The molecule has 3 atom stereocenters. The van der Waals surface area contributed by atoms with Crippen LogP contribution >= 0.6 is 22.6 Å². The molecule has 0 bridgehead atoms. The van der Waals surface area contributed by atoms with Crippen LogP contribution in [0, 0.1) is 0 Å². The Kier molecular flexibility index (Phi) is 9.09. The van der Waals surface area contributed by atoms with Gasteiger partial charge in [-0.3, -0.25) is 0 Å². The van der Waals surface area contributed by atoms with Gasteiger partial charge >= 0.3 is 0 Å². The third kappa shape index (κ3) is 6.06. The Morgan fingerprint density at radius 2 is 1.04 bits per heavy atom. The van der Waals surface area contributed by atoms with Gasteiger partial charge in [0.1, 0.15) is 23.9 Å². The van der Waals surface area contributed by atoms with Crippen LogP contribution in [0.1, 0.15) is 30.5 Å². The van der Waals surface area contributed by atoms with Crippen molar-refractivity contribution in [1.29, 1.82) is 0 Å². The summed E-state index contributed by atoms with van der Waals surface area (Å²) in [5, 5.41) is 2.46. The Morgan fingerprint density at radius 1 is 0.630 bits per heavy atom. The average molecular weight is 737 g/mol. The lowest BCUT2D eigenvalue weighted by Gasteiger charge is -2.36. The monoisotopic (exact) mass is 736 g/mol. The fourth-order valence-electron chi connectivity index (χ4n) is 6.74. The maximum atomic E-state index is 7.30.